The normalized spacial score (nSPS) is 20.4. The van der Waals surface area contributed by atoms with E-state index in [0.717, 1.165) is 11.3 Å². The van der Waals surface area contributed by atoms with Crippen molar-refractivity contribution < 1.29 is 26.0 Å². The minimum Gasteiger partial charge on any atom is -0.417 e. The molecule has 0 aromatic carbocycles. The zero-order valence-corrected chi connectivity index (χ0v) is 14.3. The van der Waals surface area contributed by atoms with Gasteiger partial charge < -0.3 is 4.42 Å². The number of thiophene rings is 1. The van der Waals surface area contributed by atoms with Crippen LogP contribution in [-0.2, 0) is 16.2 Å². The third-order valence-corrected chi connectivity index (χ3v) is 7.12. The minimum atomic E-state index is -4.72. The summed E-state index contributed by atoms with van der Waals surface area (Å²) in [5.41, 5.74) is 0. The van der Waals surface area contributed by atoms with Crippen LogP contribution in [0.2, 0.25) is 4.34 Å². The van der Waals surface area contributed by atoms with E-state index in [0.29, 0.717) is 17.2 Å². The van der Waals surface area contributed by atoms with Gasteiger partial charge in [0.25, 0.3) is 10.0 Å². The van der Waals surface area contributed by atoms with E-state index in [1.54, 1.807) is 0 Å². The van der Waals surface area contributed by atoms with Crippen LogP contribution in [0.5, 0.6) is 0 Å². The average Bonchev–Trinajstić information content (AvgIpc) is 3.16. The smallest absolute Gasteiger partial charge is 0.417 e. The lowest BCUT2D eigenvalue weighted by molar-refractivity contribution is -0.157. The molecule has 0 saturated carbocycles. The predicted octanol–water partition coefficient (Wildman–Crippen LogP) is 3.37. The van der Waals surface area contributed by atoms with Gasteiger partial charge in [0, 0.05) is 13.1 Å². The maximum absolute atomic E-state index is 12.6. The Balaban J connectivity index is 1.81. The number of halogens is 4. The Hall–Kier alpha value is -1.17. The summed E-state index contributed by atoms with van der Waals surface area (Å²) in [6.45, 7) is 0.256. The third-order valence-electron chi connectivity index (χ3n) is 3.56. The molecule has 0 unspecified atom stereocenters. The van der Waals surface area contributed by atoms with Crippen LogP contribution in [0, 0.1) is 0 Å². The summed E-state index contributed by atoms with van der Waals surface area (Å²) in [6.07, 6.45) is -3.77. The first kappa shape index (κ1) is 17.6. The molecule has 0 amide bonds. The summed E-state index contributed by atoms with van der Waals surface area (Å²) in [4.78, 5) is 0. The standard InChI is InChI=1S/C12H11ClF3N3O3S2/c13-8-3-4-9(23-8)24(20,21)19-5-1-2-7(6-19)10-17-18-11(22-10)12(14,15)16/h3-4,7H,1-2,5-6H2/t7-/m1/s1. The van der Waals surface area contributed by atoms with Crippen molar-refractivity contribution in [1.82, 2.24) is 14.5 Å². The van der Waals surface area contributed by atoms with Gasteiger partial charge in [-0.15, -0.1) is 21.5 Å². The zero-order chi connectivity index (χ0) is 17.5. The number of alkyl halides is 3. The van der Waals surface area contributed by atoms with E-state index in [1.165, 1.54) is 16.4 Å². The number of rotatable bonds is 3. The lowest BCUT2D eigenvalue weighted by Gasteiger charge is -2.29. The van der Waals surface area contributed by atoms with E-state index in [1.807, 2.05) is 0 Å². The molecule has 1 atom stereocenters. The molecule has 1 aliphatic heterocycles. The lowest BCUT2D eigenvalue weighted by atomic mass is 10.00. The van der Waals surface area contributed by atoms with Gasteiger partial charge in [-0.2, -0.15) is 17.5 Å². The van der Waals surface area contributed by atoms with Crippen molar-refractivity contribution in [1.29, 1.82) is 0 Å². The summed E-state index contributed by atoms with van der Waals surface area (Å²) in [6, 6.07) is 2.88. The number of hydrogen-bond acceptors (Lipinski definition) is 6. The first-order valence-electron chi connectivity index (χ1n) is 6.84. The highest BCUT2D eigenvalue weighted by Gasteiger charge is 2.40. The van der Waals surface area contributed by atoms with Crippen molar-refractivity contribution in [3.8, 4) is 0 Å². The highest BCUT2D eigenvalue weighted by atomic mass is 35.5. The van der Waals surface area contributed by atoms with Gasteiger partial charge >= 0.3 is 12.1 Å². The highest BCUT2D eigenvalue weighted by molar-refractivity contribution is 7.91. The molecule has 1 saturated heterocycles. The van der Waals surface area contributed by atoms with Crippen LogP contribution in [-0.4, -0.2) is 36.0 Å². The van der Waals surface area contributed by atoms with Crippen LogP contribution >= 0.6 is 22.9 Å². The number of aromatic nitrogens is 2. The maximum Gasteiger partial charge on any atom is 0.470 e. The second-order valence-corrected chi connectivity index (χ2v) is 9.08. The summed E-state index contributed by atoms with van der Waals surface area (Å²) in [5.74, 6) is -2.21. The molecule has 1 fully saturated rings. The molecule has 2 aromatic heterocycles. The number of piperidine rings is 1. The fraction of sp³-hybridized carbons (Fsp3) is 0.500. The Bertz CT molecular complexity index is 834. The highest BCUT2D eigenvalue weighted by Crippen LogP contribution is 2.35. The quantitative estimate of drug-likeness (QED) is 0.788. The van der Waals surface area contributed by atoms with Crippen LogP contribution < -0.4 is 0 Å². The van der Waals surface area contributed by atoms with Crippen molar-refractivity contribution in [2.45, 2.75) is 29.1 Å². The van der Waals surface area contributed by atoms with E-state index in [2.05, 4.69) is 14.6 Å². The molecule has 0 aliphatic carbocycles. The number of hydrogen-bond donors (Lipinski definition) is 0. The Labute approximate surface area is 144 Å². The second-order valence-electron chi connectivity index (χ2n) is 5.20. The summed E-state index contributed by atoms with van der Waals surface area (Å²) in [5, 5.41) is 6.41. The van der Waals surface area contributed by atoms with E-state index < -0.39 is 28.0 Å². The van der Waals surface area contributed by atoms with E-state index in [4.69, 9.17) is 11.6 Å². The van der Waals surface area contributed by atoms with Crippen LogP contribution in [0.15, 0.2) is 20.8 Å². The molecule has 0 bridgehead atoms. The van der Waals surface area contributed by atoms with Gasteiger partial charge in [-0.05, 0) is 25.0 Å². The van der Waals surface area contributed by atoms with Crippen LogP contribution in [0.1, 0.15) is 30.5 Å². The molecule has 3 heterocycles. The van der Waals surface area contributed by atoms with Gasteiger partial charge in [0.2, 0.25) is 5.89 Å². The summed E-state index contributed by atoms with van der Waals surface area (Å²) in [7, 11) is -3.75. The largest absolute Gasteiger partial charge is 0.470 e. The molecular formula is C12H11ClF3N3O3S2. The fourth-order valence-electron chi connectivity index (χ4n) is 2.44. The van der Waals surface area contributed by atoms with Gasteiger partial charge in [-0.25, -0.2) is 8.42 Å². The molecular weight excluding hydrogens is 391 g/mol. The lowest BCUT2D eigenvalue weighted by Crippen LogP contribution is -2.38. The zero-order valence-electron chi connectivity index (χ0n) is 12.0. The number of sulfonamides is 1. The molecule has 0 radical (unpaired) electrons. The van der Waals surface area contributed by atoms with E-state index in [9.17, 15) is 21.6 Å². The van der Waals surface area contributed by atoms with Gasteiger partial charge in [-0.1, -0.05) is 11.6 Å². The molecule has 0 spiro atoms. The molecule has 6 nitrogen and oxygen atoms in total. The third kappa shape index (κ3) is 3.44. The van der Waals surface area contributed by atoms with E-state index in [-0.39, 0.29) is 23.2 Å². The Morgan fingerprint density at radius 3 is 2.67 bits per heavy atom. The SMILES string of the molecule is O=S(=O)(c1ccc(Cl)s1)N1CCC[C@@H](c2nnc(C(F)(F)F)o2)C1. The Kier molecular flexibility index (Phi) is 4.62. The summed E-state index contributed by atoms with van der Waals surface area (Å²) < 4.78 is 69.1. The molecule has 24 heavy (non-hydrogen) atoms. The first-order chi connectivity index (χ1) is 11.2. The van der Waals surface area contributed by atoms with Crippen LogP contribution in [0.4, 0.5) is 13.2 Å². The van der Waals surface area contributed by atoms with Crippen LogP contribution in [0.3, 0.4) is 0 Å². The second kappa shape index (κ2) is 6.28. The van der Waals surface area contributed by atoms with Gasteiger partial charge in [0.1, 0.15) is 4.21 Å². The topological polar surface area (TPSA) is 76.3 Å². The predicted molar refractivity (Wildman–Crippen MR) is 79.4 cm³/mol. The monoisotopic (exact) mass is 401 g/mol. The van der Waals surface area contributed by atoms with Crippen LogP contribution in [0.25, 0.3) is 0 Å². The van der Waals surface area contributed by atoms with Crippen molar-refractivity contribution in [3.63, 3.8) is 0 Å². The fourth-order valence-corrected chi connectivity index (χ4v) is 5.60. The summed E-state index contributed by atoms with van der Waals surface area (Å²) >= 11 is 6.70. The molecule has 2 aromatic rings. The van der Waals surface area contributed by atoms with Gasteiger partial charge in [0.15, 0.2) is 0 Å². The van der Waals surface area contributed by atoms with Crippen molar-refractivity contribution in [3.05, 3.63) is 28.3 Å². The first-order valence-corrected chi connectivity index (χ1v) is 9.47. The molecule has 1 aliphatic rings. The minimum absolute atomic E-state index is 0.0165. The average molecular weight is 402 g/mol. The van der Waals surface area contributed by atoms with E-state index >= 15 is 0 Å². The van der Waals surface area contributed by atoms with Crippen molar-refractivity contribution >= 4 is 33.0 Å². The number of nitrogens with zero attached hydrogens (tertiary/aromatic N) is 3. The van der Waals surface area contributed by atoms with Crippen molar-refractivity contribution in [2.24, 2.45) is 0 Å². The van der Waals surface area contributed by atoms with Gasteiger partial charge in [0.05, 0.1) is 10.3 Å². The maximum atomic E-state index is 12.6. The molecule has 12 heteroatoms. The molecule has 3 rings (SSSR count). The van der Waals surface area contributed by atoms with Gasteiger partial charge in [-0.3, -0.25) is 0 Å². The Morgan fingerprint density at radius 2 is 2.08 bits per heavy atom. The Morgan fingerprint density at radius 1 is 1.33 bits per heavy atom. The molecule has 132 valence electrons. The molecule has 0 N–H and O–H groups in total. The van der Waals surface area contributed by atoms with Crippen molar-refractivity contribution in [2.75, 3.05) is 13.1 Å².